The molecular weight excluding hydrogens is 481 g/mol. The van der Waals surface area contributed by atoms with Crippen molar-refractivity contribution in [2.45, 2.75) is 31.7 Å². The summed E-state index contributed by atoms with van der Waals surface area (Å²) in [6, 6.07) is 14.3. The third kappa shape index (κ3) is 4.11. The molecule has 7 nitrogen and oxygen atoms in total. The zero-order chi connectivity index (χ0) is 25.8. The fourth-order valence-electron chi connectivity index (χ4n) is 5.70. The molecule has 2 aromatic heterocycles. The Morgan fingerprint density at radius 3 is 2.59 bits per heavy atom. The number of aromatic amines is 1. The van der Waals surface area contributed by atoms with E-state index in [9.17, 15) is 13.2 Å². The summed E-state index contributed by atoms with van der Waals surface area (Å²) in [4.78, 5) is 11.5. The summed E-state index contributed by atoms with van der Waals surface area (Å²) in [5, 5.41) is 7.12. The second-order valence-corrected chi connectivity index (χ2v) is 9.72. The number of anilines is 1. The highest BCUT2D eigenvalue weighted by atomic mass is 19.4. The average Bonchev–Trinajstić information content (AvgIpc) is 3.42. The molecule has 10 heteroatoms. The van der Waals surface area contributed by atoms with Gasteiger partial charge < -0.3 is 15.4 Å². The maximum absolute atomic E-state index is 12.9. The number of fused-ring (bicyclic) bond motifs is 2. The predicted octanol–water partition coefficient (Wildman–Crippen LogP) is 5.16. The van der Waals surface area contributed by atoms with E-state index in [-0.39, 0.29) is 28.3 Å². The van der Waals surface area contributed by atoms with Crippen molar-refractivity contribution in [1.29, 1.82) is 0 Å². The minimum Gasteiger partial charge on any atom is -0.405 e. The van der Waals surface area contributed by atoms with Crippen LogP contribution in [0.2, 0.25) is 0 Å². The normalized spacial score (nSPS) is 18.8. The number of hydrogen-bond acceptors (Lipinski definition) is 6. The zero-order valence-electron chi connectivity index (χ0n) is 19.9. The molecule has 1 aliphatic heterocycles. The second kappa shape index (κ2) is 8.58. The van der Waals surface area contributed by atoms with Crippen molar-refractivity contribution >= 4 is 22.6 Å². The molecule has 1 aliphatic carbocycles. The summed E-state index contributed by atoms with van der Waals surface area (Å²) in [5.74, 6) is 0.364. The van der Waals surface area contributed by atoms with Gasteiger partial charge in [-0.1, -0.05) is 49.0 Å². The summed E-state index contributed by atoms with van der Waals surface area (Å²) in [6.45, 7) is 5.57. The molecule has 0 bridgehead atoms. The molecule has 37 heavy (non-hydrogen) atoms. The third-order valence-electron chi connectivity index (χ3n) is 7.66. The first-order chi connectivity index (χ1) is 17.7. The van der Waals surface area contributed by atoms with Gasteiger partial charge in [-0.3, -0.25) is 5.10 Å². The summed E-state index contributed by atoms with van der Waals surface area (Å²) in [6.07, 6.45) is -0.257. The molecule has 2 aromatic carbocycles. The minimum atomic E-state index is -4.82. The standard InChI is InChI=1S/C27H25F3N6O/c1-16(18-7-4-5-9-20(18)37-27(28,29)30)22-23-25(35-34-22)33-21(15-32-23)36-12-10-26(11-13-36)14-17-6-2-3-8-19(17)24(26)31/h2-9,15,24H,1,10-14,31H2,(H,33,34,35)/t24-/m1/s1. The Bertz CT molecular complexity index is 1490. The number of nitrogens with one attached hydrogen (secondary N) is 1. The second-order valence-electron chi connectivity index (χ2n) is 9.72. The number of para-hydroxylation sites is 1. The number of benzene rings is 2. The Kier molecular flexibility index (Phi) is 5.45. The number of rotatable bonds is 4. The number of nitrogens with two attached hydrogens (primary N) is 1. The highest BCUT2D eigenvalue weighted by Gasteiger charge is 2.46. The monoisotopic (exact) mass is 506 g/mol. The predicted molar refractivity (Wildman–Crippen MR) is 134 cm³/mol. The van der Waals surface area contributed by atoms with Gasteiger partial charge in [-0.2, -0.15) is 5.10 Å². The fraction of sp³-hybridized carbons (Fsp3) is 0.296. The number of piperidine rings is 1. The molecule has 1 fully saturated rings. The Morgan fingerprint density at radius 1 is 1.11 bits per heavy atom. The van der Waals surface area contributed by atoms with Gasteiger partial charge in [-0.05, 0) is 41.9 Å². The molecule has 1 atom stereocenters. The summed E-state index contributed by atoms with van der Waals surface area (Å²) < 4.78 is 42.8. The average molecular weight is 507 g/mol. The molecule has 1 saturated heterocycles. The van der Waals surface area contributed by atoms with E-state index in [0.29, 0.717) is 22.7 Å². The van der Waals surface area contributed by atoms with Crippen LogP contribution < -0.4 is 15.4 Å². The van der Waals surface area contributed by atoms with E-state index >= 15 is 0 Å². The molecule has 2 aliphatic rings. The molecule has 3 N–H and O–H groups in total. The third-order valence-corrected chi connectivity index (χ3v) is 7.66. The number of hydrogen-bond donors (Lipinski definition) is 2. The van der Waals surface area contributed by atoms with Crippen LogP contribution in [0.15, 0.2) is 61.3 Å². The number of alkyl halides is 3. The number of ether oxygens (including phenoxy) is 1. The first-order valence-electron chi connectivity index (χ1n) is 12.1. The summed E-state index contributed by atoms with van der Waals surface area (Å²) in [5.41, 5.74) is 11.0. The highest BCUT2D eigenvalue weighted by Crippen LogP contribution is 2.51. The molecule has 1 spiro atoms. The van der Waals surface area contributed by atoms with E-state index in [2.05, 4.69) is 49.6 Å². The SMILES string of the molecule is C=C(c1ccccc1OC(F)(F)F)c1n[nH]c2nc(N3CCC4(CC3)Cc3ccccc3[C@H]4N)cnc12. The molecule has 3 heterocycles. The van der Waals surface area contributed by atoms with Crippen LogP contribution in [0.25, 0.3) is 16.7 Å². The summed E-state index contributed by atoms with van der Waals surface area (Å²) >= 11 is 0. The van der Waals surface area contributed by atoms with E-state index in [1.807, 2.05) is 6.07 Å². The van der Waals surface area contributed by atoms with Gasteiger partial charge in [0.25, 0.3) is 0 Å². The van der Waals surface area contributed by atoms with Crippen LogP contribution in [0.4, 0.5) is 19.0 Å². The van der Waals surface area contributed by atoms with Crippen molar-refractivity contribution < 1.29 is 17.9 Å². The molecule has 4 aromatic rings. The first kappa shape index (κ1) is 23.5. The molecule has 0 saturated carbocycles. The molecule has 0 amide bonds. The van der Waals surface area contributed by atoms with E-state index in [1.165, 1.54) is 29.3 Å². The Labute approximate surface area is 211 Å². The van der Waals surface area contributed by atoms with Gasteiger partial charge in [0.05, 0.1) is 6.20 Å². The van der Waals surface area contributed by atoms with Crippen molar-refractivity contribution in [2.75, 3.05) is 18.0 Å². The maximum Gasteiger partial charge on any atom is 0.573 e. The lowest BCUT2D eigenvalue weighted by Gasteiger charge is -2.42. The molecular formula is C27H25F3N6O. The van der Waals surface area contributed by atoms with E-state index < -0.39 is 6.36 Å². The van der Waals surface area contributed by atoms with Gasteiger partial charge in [0, 0.05) is 30.3 Å². The smallest absolute Gasteiger partial charge is 0.405 e. The van der Waals surface area contributed by atoms with Crippen LogP contribution in [0, 0.1) is 5.41 Å². The van der Waals surface area contributed by atoms with Gasteiger partial charge in [0.15, 0.2) is 5.65 Å². The van der Waals surface area contributed by atoms with Gasteiger partial charge in [-0.25, -0.2) is 9.97 Å². The lowest BCUT2D eigenvalue weighted by molar-refractivity contribution is -0.274. The Morgan fingerprint density at radius 2 is 1.84 bits per heavy atom. The van der Waals surface area contributed by atoms with Crippen LogP contribution in [0.1, 0.15) is 41.3 Å². The number of nitrogens with zero attached hydrogens (tertiary/aromatic N) is 4. The van der Waals surface area contributed by atoms with Crippen molar-refractivity contribution in [3.05, 3.63) is 83.7 Å². The van der Waals surface area contributed by atoms with Crippen molar-refractivity contribution in [2.24, 2.45) is 11.1 Å². The molecule has 0 unspecified atom stereocenters. The zero-order valence-corrected chi connectivity index (χ0v) is 19.9. The Balaban J connectivity index is 1.21. The molecule has 0 radical (unpaired) electrons. The molecule has 190 valence electrons. The number of halogens is 3. The van der Waals surface area contributed by atoms with E-state index in [4.69, 9.17) is 10.7 Å². The Hall–Kier alpha value is -3.92. The van der Waals surface area contributed by atoms with Crippen molar-refractivity contribution in [3.63, 3.8) is 0 Å². The lowest BCUT2D eigenvalue weighted by Crippen LogP contribution is -2.44. The minimum absolute atomic E-state index is 0.0322. The summed E-state index contributed by atoms with van der Waals surface area (Å²) in [7, 11) is 0. The van der Waals surface area contributed by atoms with E-state index in [0.717, 1.165) is 32.4 Å². The quantitative estimate of drug-likeness (QED) is 0.398. The van der Waals surface area contributed by atoms with Crippen LogP contribution in [0.5, 0.6) is 5.75 Å². The largest absolute Gasteiger partial charge is 0.573 e. The van der Waals surface area contributed by atoms with Crippen LogP contribution in [-0.2, 0) is 6.42 Å². The van der Waals surface area contributed by atoms with Gasteiger partial charge >= 0.3 is 6.36 Å². The van der Waals surface area contributed by atoms with Gasteiger partial charge in [0.2, 0.25) is 0 Å². The topological polar surface area (TPSA) is 93.0 Å². The fourth-order valence-corrected chi connectivity index (χ4v) is 5.70. The van der Waals surface area contributed by atoms with Crippen LogP contribution >= 0.6 is 0 Å². The van der Waals surface area contributed by atoms with Gasteiger partial charge in [-0.15, -0.1) is 13.2 Å². The number of aromatic nitrogens is 4. The maximum atomic E-state index is 12.9. The van der Waals surface area contributed by atoms with Crippen LogP contribution in [-0.4, -0.2) is 39.6 Å². The lowest BCUT2D eigenvalue weighted by atomic mass is 9.73. The van der Waals surface area contributed by atoms with Crippen molar-refractivity contribution in [1.82, 2.24) is 20.2 Å². The van der Waals surface area contributed by atoms with E-state index in [1.54, 1.807) is 12.3 Å². The van der Waals surface area contributed by atoms with Gasteiger partial charge in [0.1, 0.15) is 22.8 Å². The first-order valence-corrected chi connectivity index (χ1v) is 12.1. The molecule has 6 rings (SSSR count). The highest BCUT2D eigenvalue weighted by molar-refractivity contribution is 5.91. The van der Waals surface area contributed by atoms with Crippen molar-refractivity contribution in [3.8, 4) is 5.75 Å². The number of H-pyrrole nitrogens is 1. The van der Waals surface area contributed by atoms with Crippen LogP contribution in [0.3, 0.4) is 0 Å².